The molecule has 0 amide bonds. The number of halogens is 1. The molecule has 0 radical (unpaired) electrons. The van der Waals surface area contributed by atoms with E-state index in [-0.39, 0.29) is 18.2 Å². The van der Waals surface area contributed by atoms with Crippen molar-refractivity contribution in [2.75, 3.05) is 18.0 Å². The summed E-state index contributed by atoms with van der Waals surface area (Å²) in [5, 5.41) is 20.7. The molecule has 0 aliphatic carbocycles. The van der Waals surface area contributed by atoms with E-state index in [9.17, 15) is 20.0 Å². The second kappa shape index (κ2) is 5.59. The SMILES string of the molecule is CC(C)C1(C(=O)O)CCN(c2c(Br)cncc2[N+](=O)[O-])C1. The number of rotatable bonds is 4. The predicted octanol–water partition coefficient (Wildman–Crippen LogP) is 2.69. The van der Waals surface area contributed by atoms with E-state index in [1.807, 2.05) is 13.8 Å². The van der Waals surface area contributed by atoms with Gasteiger partial charge in [0.05, 0.1) is 14.8 Å². The number of pyridine rings is 1. The van der Waals surface area contributed by atoms with Gasteiger partial charge in [-0.3, -0.25) is 19.9 Å². The highest BCUT2D eigenvalue weighted by Crippen LogP contribution is 2.44. The molecule has 0 saturated carbocycles. The van der Waals surface area contributed by atoms with Crippen molar-refractivity contribution in [1.29, 1.82) is 0 Å². The van der Waals surface area contributed by atoms with Gasteiger partial charge in [-0.25, -0.2) is 0 Å². The topological polar surface area (TPSA) is 96.6 Å². The van der Waals surface area contributed by atoms with Gasteiger partial charge in [0.1, 0.15) is 11.9 Å². The maximum Gasteiger partial charge on any atom is 0.311 e. The fraction of sp³-hybridized carbons (Fsp3) is 0.538. The molecule has 114 valence electrons. The van der Waals surface area contributed by atoms with Crippen LogP contribution in [0.1, 0.15) is 20.3 Å². The summed E-state index contributed by atoms with van der Waals surface area (Å²) in [5.74, 6) is -0.910. The second-order valence-corrected chi connectivity index (χ2v) is 6.39. The summed E-state index contributed by atoms with van der Waals surface area (Å²) in [6.07, 6.45) is 3.14. The number of carbonyl (C=O) groups is 1. The molecule has 7 nitrogen and oxygen atoms in total. The first-order valence-corrected chi connectivity index (χ1v) is 7.35. The first-order chi connectivity index (χ1) is 9.79. The molecule has 2 heterocycles. The largest absolute Gasteiger partial charge is 0.481 e. The highest BCUT2D eigenvalue weighted by Gasteiger charge is 2.48. The van der Waals surface area contributed by atoms with Gasteiger partial charge >= 0.3 is 11.7 Å². The Balaban J connectivity index is 2.43. The molecule has 1 aliphatic rings. The lowest BCUT2D eigenvalue weighted by atomic mass is 9.76. The van der Waals surface area contributed by atoms with Crippen LogP contribution in [0, 0.1) is 21.4 Å². The molecule has 0 bridgehead atoms. The normalized spacial score (nSPS) is 21.8. The lowest BCUT2D eigenvalue weighted by molar-refractivity contribution is -0.384. The number of nitrogens with zero attached hydrogens (tertiary/aromatic N) is 3. The minimum absolute atomic E-state index is 0.0559. The lowest BCUT2D eigenvalue weighted by Crippen LogP contribution is -2.39. The number of hydrogen-bond donors (Lipinski definition) is 1. The van der Waals surface area contributed by atoms with E-state index in [2.05, 4.69) is 20.9 Å². The number of carboxylic acid groups (broad SMARTS) is 1. The van der Waals surface area contributed by atoms with Gasteiger partial charge < -0.3 is 10.0 Å². The highest BCUT2D eigenvalue weighted by atomic mass is 79.9. The van der Waals surface area contributed by atoms with E-state index in [0.29, 0.717) is 23.1 Å². The van der Waals surface area contributed by atoms with Crippen LogP contribution in [0.4, 0.5) is 11.4 Å². The van der Waals surface area contributed by atoms with Crippen molar-refractivity contribution >= 4 is 33.3 Å². The van der Waals surface area contributed by atoms with Crippen LogP contribution in [0.15, 0.2) is 16.9 Å². The Kier molecular flexibility index (Phi) is 4.18. The summed E-state index contributed by atoms with van der Waals surface area (Å²) in [4.78, 5) is 27.9. The predicted molar refractivity (Wildman–Crippen MR) is 80.3 cm³/mol. The molecular formula is C13H16BrN3O4. The van der Waals surface area contributed by atoms with Gasteiger partial charge in [-0.15, -0.1) is 0 Å². The van der Waals surface area contributed by atoms with Crippen LogP contribution >= 0.6 is 15.9 Å². The first-order valence-electron chi connectivity index (χ1n) is 6.56. The van der Waals surface area contributed by atoms with Crippen molar-refractivity contribution in [2.24, 2.45) is 11.3 Å². The van der Waals surface area contributed by atoms with Gasteiger partial charge in [0.2, 0.25) is 0 Å². The van der Waals surface area contributed by atoms with Crippen molar-refractivity contribution in [3.63, 3.8) is 0 Å². The third kappa shape index (κ3) is 2.59. The Morgan fingerprint density at radius 1 is 1.57 bits per heavy atom. The smallest absolute Gasteiger partial charge is 0.311 e. The number of aliphatic carboxylic acids is 1. The zero-order valence-electron chi connectivity index (χ0n) is 11.7. The van der Waals surface area contributed by atoms with Gasteiger partial charge in [0.25, 0.3) is 0 Å². The van der Waals surface area contributed by atoms with Crippen molar-refractivity contribution in [3.05, 3.63) is 27.0 Å². The monoisotopic (exact) mass is 357 g/mol. The molecule has 1 aromatic heterocycles. The van der Waals surface area contributed by atoms with Gasteiger partial charge in [0.15, 0.2) is 0 Å². The number of nitro groups is 1. The fourth-order valence-corrected chi connectivity index (χ4v) is 3.35. The molecule has 1 aliphatic heterocycles. The lowest BCUT2D eigenvalue weighted by Gasteiger charge is -2.29. The van der Waals surface area contributed by atoms with E-state index in [1.165, 1.54) is 12.4 Å². The molecule has 2 rings (SSSR count). The molecule has 1 N–H and O–H groups in total. The van der Waals surface area contributed by atoms with Crippen LogP contribution < -0.4 is 4.90 Å². The fourth-order valence-electron chi connectivity index (χ4n) is 2.78. The summed E-state index contributed by atoms with van der Waals surface area (Å²) < 4.78 is 0.502. The Morgan fingerprint density at radius 2 is 2.24 bits per heavy atom. The molecule has 0 aromatic carbocycles. The van der Waals surface area contributed by atoms with E-state index in [4.69, 9.17) is 0 Å². The third-order valence-electron chi connectivity index (χ3n) is 4.20. The van der Waals surface area contributed by atoms with Gasteiger partial charge in [-0.1, -0.05) is 13.8 Å². The van der Waals surface area contributed by atoms with Gasteiger partial charge in [-0.05, 0) is 28.3 Å². The minimum atomic E-state index is -0.878. The average Bonchev–Trinajstić information content (AvgIpc) is 2.84. The molecule has 1 fully saturated rings. The summed E-state index contributed by atoms with van der Waals surface area (Å²) in [6, 6.07) is 0. The molecule has 1 unspecified atom stereocenters. The number of aromatic nitrogens is 1. The maximum absolute atomic E-state index is 11.7. The zero-order valence-corrected chi connectivity index (χ0v) is 13.3. The van der Waals surface area contributed by atoms with Crippen molar-refractivity contribution in [3.8, 4) is 0 Å². The molecular weight excluding hydrogens is 342 g/mol. The number of hydrogen-bond acceptors (Lipinski definition) is 5. The second-order valence-electron chi connectivity index (χ2n) is 5.53. The molecule has 21 heavy (non-hydrogen) atoms. The molecule has 1 aromatic rings. The number of carboxylic acids is 1. The Morgan fingerprint density at radius 3 is 2.71 bits per heavy atom. The van der Waals surface area contributed by atoms with E-state index in [1.54, 1.807) is 4.90 Å². The summed E-state index contributed by atoms with van der Waals surface area (Å²) in [7, 11) is 0. The third-order valence-corrected chi connectivity index (χ3v) is 4.78. The highest BCUT2D eigenvalue weighted by molar-refractivity contribution is 9.10. The molecule has 1 saturated heterocycles. The summed E-state index contributed by atoms with van der Waals surface area (Å²) >= 11 is 3.28. The number of anilines is 1. The summed E-state index contributed by atoms with van der Waals surface area (Å²) in [6.45, 7) is 4.46. The first kappa shape index (κ1) is 15.7. The quantitative estimate of drug-likeness (QED) is 0.657. The van der Waals surface area contributed by atoms with Gasteiger partial charge in [0, 0.05) is 19.3 Å². The van der Waals surface area contributed by atoms with Crippen molar-refractivity contribution < 1.29 is 14.8 Å². The van der Waals surface area contributed by atoms with Crippen LogP contribution in [0.3, 0.4) is 0 Å². The summed E-state index contributed by atoms with van der Waals surface area (Å²) in [5.41, 5.74) is -0.593. The standard InChI is InChI=1S/C13H16BrN3O4/c1-8(2)13(12(18)19)3-4-16(7-13)11-9(14)5-15-6-10(11)17(20)21/h5-6,8H,3-4,7H2,1-2H3,(H,18,19). The van der Waals surface area contributed by atoms with E-state index in [0.717, 1.165) is 0 Å². The molecule has 8 heteroatoms. The average molecular weight is 358 g/mol. The Hall–Kier alpha value is -1.70. The van der Waals surface area contributed by atoms with E-state index < -0.39 is 16.3 Å². The van der Waals surface area contributed by atoms with Crippen LogP contribution in [0.2, 0.25) is 0 Å². The molecule has 1 atom stereocenters. The Labute approximate surface area is 130 Å². The van der Waals surface area contributed by atoms with Crippen LogP contribution in [-0.4, -0.2) is 34.1 Å². The van der Waals surface area contributed by atoms with Crippen LogP contribution in [-0.2, 0) is 4.79 Å². The Bertz CT molecular complexity index is 593. The van der Waals surface area contributed by atoms with Gasteiger partial charge in [-0.2, -0.15) is 0 Å². The van der Waals surface area contributed by atoms with E-state index >= 15 is 0 Å². The zero-order chi connectivity index (χ0) is 15.8. The maximum atomic E-state index is 11.7. The minimum Gasteiger partial charge on any atom is -0.481 e. The van der Waals surface area contributed by atoms with Crippen LogP contribution in [0.5, 0.6) is 0 Å². The van der Waals surface area contributed by atoms with Crippen molar-refractivity contribution in [1.82, 2.24) is 4.98 Å². The van der Waals surface area contributed by atoms with Crippen molar-refractivity contribution in [2.45, 2.75) is 20.3 Å². The van der Waals surface area contributed by atoms with Crippen LogP contribution in [0.25, 0.3) is 0 Å². The molecule has 0 spiro atoms.